The molecule has 0 amide bonds. The van der Waals surface area contributed by atoms with Crippen LogP contribution in [0.1, 0.15) is 18.1 Å². The molecular formula is C15H19N3O. The van der Waals surface area contributed by atoms with Crippen molar-refractivity contribution in [2.45, 2.75) is 20.8 Å². The number of aromatic nitrogens is 2. The van der Waals surface area contributed by atoms with Gasteiger partial charge < -0.3 is 10.1 Å². The van der Waals surface area contributed by atoms with Gasteiger partial charge in [0.1, 0.15) is 11.6 Å². The van der Waals surface area contributed by atoms with E-state index in [1.165, 1.54) is 11.1 Å². The smallest absolute Gasteiger partial charge is 0.148 e. The van der Waals surface area contributed by atoms with Crippen LogP contribution in [0.2, 0.25) is 0 Å². The number of nitrogens with zero attached hydrogens (tertiary/aromatic N) is 2. The van der Waals surface area contributed by atoms with E-state index in [0.717, 1.165) is 29.4 Å². The van der Waals surface area contributed by atoms with E-state index in [1.54, 1.807) is 7.11 Å². The van der Waals surface area contributed by atoms with Crippen molar-refractivity contribution in [3.63, 3.8) is 0 Å². The Morgan fingerprint density at radius 3 is 2.42 bits per heavy atom. The zero-order valence-corrected chi connectivity index (χ0v) is 11.8. The molecule has 2 aromatic rings. The minimum Gasteiger partial charge on any atom is -0.496 e. The lowest BCUT2D eigenvalue weighted by atomic mass is 10.0. The molecule has 4 nitrogen and oxygen atoms in total. The zero-order chi connectivity index (χ0) is 13.8. The second-order valence-corrected chi connectivity index (χ2v) is 4.47. The van der Waals surface area contributed by atoms with Gasteiger partial charge in [-0.2, -0.15) is 0 Å². The van der Waals surface area contributed by atoms with E-state index in [1.807, 2.05) is 25.1 Å². The van der Waals surface area contributed by atoms with E-state index in [0.29, 0.717) is 0 Å². The maximum Gasteiger partial charge on any atom is 0.148 e. The SMILES string of the molecule is CCNc1ccc(-c2cc(C)c(C)cc2OC)nn1. The number of hydrogen-bond donors (Lipinski definition) is 1. The third-order valence-corrected chi connectivity index (χ3v) is 3.11. The predicted octanol–water partition coefficient (Wildman–Crippen LogP) is 3.20. The topological polar surface area (TPSA) is 47.0 Å². The van der Waals surface area contributed by atoms with Crippen molar-refractivity contribution >= 4 is 5.82 Å². The Hall–Kier alpha value is -2.10. The standard InChI is InChI=1S/C15H19N3O/c1-5-16-15-7-6-13(17-18-15)12-8-10(2)11(3)9-14(12)19-4/h6-9H,5H2,1-4H3,(H,16,18). The summed E-state index contributed by atoms with van der Waals surface area (Å²) in [6.07, 6.45) is 0. The van der Waals surface area contributed by atoms with E-state index in [9.17, 15) is 0 Å². The van der Waals surface area contributed by atoms with Crippen molar-refractivity contribution in [3.8, 4) is 17.0 Å². The van der Waals surface area contributed by atoms with Gasteiger partial charge in [-0.25, -0.2) is 0 Å². The molecular weight excluding hydrogens is 238 g/mol. The molecule has 100 valence electrons. The summed E-state index contributed by atoms with van der Waals surface area (Å²) in [4.78, 5) is 0. The second-order valence-electron chi connectivity index (χ2n) is 4.47. The fraction of sp³-hybridized carbons (Fsp3) is 0.333. The predicted molar refractivity (Wildman–Crippen MR) is 77.7 cm³/mol. The molecule has 0 fully saturated rings. The quantitative estimate of drug-likeness (QED) is 0.913. The first-order chi connectivity index (χ1) is 9.15. The summed E-state index contributed by atoms with van der Waals surface area (Å²) >= 11 is 0. The average Bonchev–Trinajstić information content (AvgIpc) is 2.43. The van der Waals surface area contributed by atoms with Crippen molar-refractivity contribution in [3.05, 3.63) is 35.4 Å². The molecule has 0 aliphatic heterocycles. The third kappa shape index (κ3) is 2.84. The number of rotatable bonds is 4. The van der Waals surface area contributed by atoms with Gasteiger partial charge in [-0.05, 0) is 56.2 Å². The van der Waals surface area contributed by atoms with Gasteiger partial charge in [0.25, 0.3) is 0 Å². The lowest BCUT2D eigenvalue weighted by molar-refractivity contribution is 0.416. The fourth-order valence-corrected chi connectivity index (χ4v) is 1.91. The number of hydrogen-bond acceptors (Lipinski definition) is 4. The molecule has 1 N–H and O–H groups in total. The Labute approximate surface area is 113 Å². The van der Waals surface area contributed by atoms with Crippen LogP contribution in [0.25, 0.3) is 11.3 Å². The number of aryl methyl sites for hydroxylation is 2. The largest absolute Gasteiger partial charge is 0.496 e. The molecule has 4 heteroatoms. The lowest BCUT2D eigenvalue weighted by Gasteiger charge is -2.11. The number of methoxy groups -OCH3 is 1. The first-order valence-corrected chi connectivity index (χ1v) is 6.39. The van der Waals surface area contributed by atoms with E-state index < -0.39 is 0 Å². The molecule has 1 aromatic carbocycles. The summed E-state index contributed by atoms with van der Waals surface area (Å²) < 4.78 is 5.43. The zero-order valence-electron chi connectivity index (χ0n) is 11.8. The van der Waals surface area contributed by atoms with E-state index in [4.69, 9.17) is 4.74 Å². The minimum absolute atomic E-state index is 0.786. The molecule has 2 rings (SSSR count). The van der Waals surface area contributed by atoms with Crippen LogP contribution in [0, 0.1) is 13.8 Å². The van der Waals surface area contributed by atoms with Gasteiger partial charge in [-0.15, -0.1) is 10.2 Å². The van der Waals surface area contributed by atoms with E-state index in [2.05, 4.69) is 35.4 Å². The maximum absolute atomic E-state index is 5.43. The molecule has 0 radical (unpaired) electrons. The highest BCUT2D eigenvalue weighted by molar-refractivity contribution is 5.69. The second kappa shape index (κ2) is 5.69. The molecule has 0 spiro atoms. The van der Waals surface area contributed by atoms with Crippen LogP contribution in [0.5, 0.6) is 5.75 Å². The highest BCUT2D eigenvalue weighted by Crippen LogP contribution is 2.31. The Balaban J connectivity index is 2.43. The Bertz CT molecular complexity index is 564. The fourth-order valence-electron chi connectivity index (χ4n) is 1.91. The van der Waals surface area contributed by atoms with Crippen molar-refractivity contribution in [1.29, 1.82) is 0 Å². The van der Waals surface area contributed by atoms with Gasteiger partial charge >= 0.3 is 0 Å². The minimum atomic E-state index is 0.786. The Morgan fingerprint density at radius 2 is 1.84 bits per heavy atom. The normalized spacial score (nSPS) is 10.3. The van der Waals surface area contributed by atoms with Crippen molar-refractivity contribution < 1.29 is 4.74 Å². The molecule has 0 saturated carbocycles. The molecule has 1 heterocycles. The van der Waals surface area contributed by atoms with Crippen LogP contribution in [-0.4, -0.2) is 23.9 Å². The average molecular weight is 257 g/mol. The third-order valence-electron chi connectivity index (χ3n) is 3.11. The van der Waals surface area contributed by atoms with E-state index >= 15 is 0 Å². The van der Waals surface area contributed by atoms with Crippen LogP contribution in [-0.2, 0) is 0 Å². The summed E-state index contributed by atoms with van der Waals surface area (Å²) in [6.45, 7) is 7.02. The lowest BCUT2D eigenvalue weighted by Crippen LogP contribution is -2.01. The summed E-state index contributed by atoms with van der Waals surface area (Å²) in [5, 5.41) is 11.5. The molecule has 1 aromatic heterocycles. The highest BCUT2D eigenvalue weighted by atomic mass is 16.5. The van der Waals surface area contributed by atoms with Crippen molar-refractivity contribution in [1.82, 2.24) is 10.2 Å². The molecule has 0 unspecified atom stereocenters. The van der Waals surface area contributed by atoms with Gasteiger partial charge in [0.2, 0.25) is 0 Å². The maximum atomic E-state index is 5.43. The molecule has 0 saturated heterocycles. The first kappa shape index (κ1) is 13.3. The van der Waals surface area contributed by atoms with Crippen molar-refractivity contribution in [2.24, 2.45) is 0 Å². The number of nitrogens with one attached hydrogen (secondary N) is 1. The number of benzene rings is 1. The van der Waals surface area contributed by atoms with Gasteiger partial charge in [0.05, 0.1) is 12.8 Å². The molecule has 19 heavy (non-hydrogen) atoms. The first-order valence-electron chi connectivity index (χ1n) is 6.39. The van der Waals surface area contributed by atoms with Crippen LogP contribution in [0.15, 0.2) is 24.3 Å². The van der Waals surface area contributed by atoms with Crippen molar-refractivity contribution in [2.75, 3.05) is 19.0 Å². The molecule has 0 aliphatic rings. The van der Waals surface area contributed by atoms with Gasteiger partial charge in [-0.3, -0.25) is 0 Å². The van der Waals surface area contributed by atoms with Gasteiger partial charge in [-0.1, -0.05) is 0 Å². The van der Waals surface area contributed by atoms with Gasteiger partial charge in [0, 0.05) is 12.1 Å². The van der Waals surface area contributed by atoms with Crippen LogP contribution < -0.4 is 10.1 Å². The molecule has 0 aliphatic carbocycles. The summed E-state index contributed by atoms with van der Waals surface area (Å²) in [6, 6.07) is 8.01. The number of anilines is 1. The van der Waals surface area contributed by atoms with Crippen LogP contribution >= 0.6 is 0 Å². The summed E-state index contributed by atoms with van der Waals surface area (Å²) in [5.74, 6) is 1.61. The highest BCUT2D eigenvalue weighted by Gasteiger charge is 2.10. The van der Waals surface area contributed by atoms with Crippen LogP contribution in [0.4, 0.5) is 5.82 Å². The number of ether oxygens (including phenoxy) is 1. The molecule has 0 bridgehead atoms. The summed E-state index contributed by atoms with van der Waals surface area (Å²) in [5.41, 5.74) is 4.22. The van der Waals surface area contributed by atoms with Crippen LogP contribution in [0.3, 0.4) is 0 Å². The van der Waals surface area contributed by atoms with E-state index in [-0.39, 0.29) is 0 Å². The molecule has 0 atom stereocenters. The van der Waals surface area contributed by atoms with Gasteiger partial charge in [0.15, 0.2) is 0 Å². The summed E-state index contributed by atoms with van der Waals surface area (Å²) in [7, 11) is 1.67. The Kier molecular flexibility index (Phi) is 4.00. The monoisotopic (exact) mass is 257 g/mol. The Morgan fingerprint density at radius 1 is 1.11 bits per heavy atom.